The van der Waals surface area contributed by atoms with Gasteiger partial charge in [-0.25, -0.2) is 0 Å². The first-order chi connectivity index (χ1) is 13.1. The van der Waals surface area contributed by atoms with Gasteiger partial charge in [-0.05, 0) is 36.2 Å². The van der Waals surface area contributed by atoms with Gasteiger partial charge < -0.3 is 20.1 Å². The van der Waals surface area contributed by atoms with Crippen molar-refractivity contribution in [3.63, 3.8) is 0 Å². The first kappa shape index (κ1) is 20.5. The molecule has 3 rings (SSSR count). The average molecular weight is 423 g/mol. The molecule has 28 heavy (non-hydrogen) atoms. The van der Waals surface area contributed by atoms with Gasteiger partial charge in [0.2, 0.25) is 5.91 Å². The summed E-state index contributed by atoms with van der Waals surface area (Å²) in [5, 5.41) is 6.87. The predicted molar refractivity (Wildman–Crippen MR) is 111 cm³/mol. The molecule has 0 fully saturated rings. The molecular weight excluding hydrogens is 400 g/mol. The number of halogens is 1. The summed E-state index contributed by atoms with van der Waals surface area (Å²) < 4.78 is 11.1. The third kappa shape index (κ3) is 4.59. The van der Waals surface area contributed by atoms with Crippen LogP contribution in [0.3, 0.4) is 0 Å². The van der Waals surface area contributed by atoms with Gasteiger partial charge in [0.15, 0.2) is 11.5 Å². The Morgan fingerprint density at radius 2 is 1.89 bits per heavy atom. The molecule has 2 N–H and O–H groups in total. The van der Waals surface area contributed by atoms with E-state index in [1.54, 1.807) is 6.07 Å². The maximum Gasteiger partial charge on any atom is 0.261 e. The van der Waals surface area contributed by atoms with Gasteiger partial charge in [-0.3, -0.25) is 9.59 Å². The molecule has 0 atom stereocenters. The standard InChI is InChI=1S/C20H23ClN2O4S/c1-11-7-15(23-19(25)20(2,3)4)28-17(11)18(24)22-10-12-8-13(21)16-14(9-12)26-5-6-27-16/h7-9H,5-6,10H2,1-4H3,(H,22,24)(H,23,25). The molecule has 2 heterocycles. The predicted octanol–water partition coefficient (Wildman–Crippen LogP) is 4.40. The molecule has 1 aromatic carbocycles. The quantitative estimate of drug-likeness (QED) is 0.765. The number of hydrogen-bond acceptors (Lipinski definition) is 5. The van der Waals surface area contributed by atoms with Crippen LogP contribution in [0.25, 0.3) is 0 Å². The molecule has 6 nitrogen and oxygen atoms in total. The number of aryl methyl sites for hydroxylation is 1. The number of thiophene rings is 1. The molecule has 0 radical (unpaired) electrons. The van der Waals surface area contributed by atoms with Crippen LogP contribution < -0.4 is 20.1 Å². The molecule has 1 aliphatic heterocycles. The van der Waals surface area contributed by atoms with Crippen molar-refractivity contribution in [2.75, 3.05) is 18.5 Å². The highest BCUT2D eigenvalue weighted by Gasteiger charge is 2.23. The van der Waals surface area contributed by atoms with Crippen LogP contribution in [0.4, 0.5) is 5.00 Å². The number of hydrogen-bond donors (Lipinski definition) is 2. The summed E-state index contributed by atoms with van der Waals surface area (Å²) in [6, 6.07) is 5.38. The molecule has 2 amide bonds. The second-order valence-electron chi connectivity index (χ2n) is 7.61. The van der Waals surface area contributed by atoms with E-state index in [0.717, 1.165) is 11.1 Å². The Hall–Kier alpha value is -2.25. The summed E-state index contributed by atoms with van der Waals surface area (Å²) in [4.78, 5) is 25.3. The molecule has 1 aromatic heterocycles. The molecule has 0 unspecified atom stereocenters. The summed E-state index contributed by atoms with van der Waals surface area (Å²) in [6.07, 6.45) is 0. The van der Waals surface area contributed by atoms with Crippen LogP contribution in [0.15, 0.2) is 18.2 Å². The molecule has 150 valence electrons. The minimum atomic E-state index is -0.502. The fourth-order valence-electron chi connectivity index (χ4n) is 2.60. The molecule has 1 aliphatic rings. The molecule has 0 aliphatic carbocycles. The van der Waals surface area contributed by atoms with Crippen molar-refractivity contribution in [3.8, 4) is 11.5 Å². The molecule has 0 saturated carbocycles. The number of nitrogens with one attached hydrogen (secondary N) is 2. The van der Waals surface area contributed by atoms with Gasteiger partial charge in [0.1, 0.15) is 13.2 Å². The Morgan fingerprint density at radius 3 is 2.61 bits per heavy atom. The lowest BCUT2D eigenvalue weighted by Crippen LogP contribution is -2.27. The van der Waals surface area contributed by atoms with Gasteiger partial charge in [-0.1, -0.05) is 32.4 Å². The number of ether oxygens (including phenoxy) is 2. The van der Waals surface area contributed by atoms with Crippen molar-refractivity contribution >= 4 is 39.8 Å². The maximum absolute atomic E-state index is 12.6. The number of carbonyl (C=O) groups is 2. The summed E-state index contributed by atoms with van der Waals surface area (Å²) in [7, 11) is 0. The number of anilines is 1. The monoisotopic (exact) mass is 422 g/mol. The highest BCUT2D eigenvalue weighted by molar-refractivity contribution is 7.18. The normalized spacial score (nSPS) is 13.2. The van der Waals surface area contributed by atoms with Gasteiger partial charge in [0, 0.05) is 12.0 Å². The van der Waals surface area contributed by atoms with E-state index in [1.807, 2.05) is 39.8 Å². The van der Waals surface area contributed by atoms with E-state index in [9.17, 15) is 9.59 Å². The second kappa shape index (κ2) is 8.01. The van der Waals surface area contributed by atoms with Crippen molar-refractivity contribution in [2.24, 2.45) is 5.41 Å². The smallest absolute Gasteiger partial charge is 0.261 e. The lowest BCUT2D eigenvalue weighted by Gasteiger charge is -2.20. The largest absolute Gasteiger partial charge is 0.486 e. The van der Waals surface area contributed by atoms with Crippen molar-refractivity contribution in [1.82, 2.24) is 5.32 Å². The lowest BCUT2D eigenvalue weighted by molar-refractivity contribution is -0.123. The first-order valence-electron chi connectivity index (χ1n) is 8.93. The van der Waals surface area contributed by atoms with Crippen molar-refractivity contribution in [1.29, 1.82) is 0 Å². The van der Waals surface area contributed by atoms with Crippen LogP contribution in [-0.2, 0) is 11.3 Å². The second-order valence-corrected chi connectivity index (χ2v) is 9.07. The summed E-state index contributed by atoms with van der Waals surface area (Å²) in [5.41, 5.74) is 1.13. The fourth-order valence-corrected chi connectivity index (χ4v) is 3.87. The minimum Gasteiger partial charge on any atom is -0.486 e. The van der Waals surface area contributed by atoms with Gasteiger partial charge in [-0.2, -0.15) is 0 Å². The zero-order valence-corrected chi connectivity index (χ0v) is 17.8. The van der Waals surface area contributed by atoms with E-state index in [2.05, 4.69) is 10.6 Å². The van der Waals surface area contributed by atoms with Crippen molar-refractivity contribution in [3.05, 3.63) is 39.2 Å². The fraction of sp³-hybridized carbons (Fsp3) is 0.400. The Kier molecular flexibility index (Phi) is 5.86. The van der Waals surface area contributed by atoms with Gasteiger partial charge >= 0.3 is 0 Å². The highest BCUT2D eigenvalue weighted by atomic mass is 35.5. The summed E-state index contributed by atoms with van der Waals surface area (Å²) in [5.74, 6) is 0.829. The van der Waals surface area contributed by atoms with E-state index in [4.69, 9.17) is 21.1 Å². The molecule has 0 spiro atoms. The van der Waals surface area contributed by atoms with Crippen LogP contribution in [-0.4, -0.2) is 25.0 Å². The van der Waals surface area contributed by atoms with Crippen LogP contribution >= 0.6 is 22.9 Å². The van der Waals surface area contributed by atoms with E-state index in [1.165, 1.54) is 11.3 Å². The summed E-state index contributed by atoms with van der Waals surface area (Å²) in [6.45, 7) is 8.61. The third-order valence-electron chi connectivity index (χ3n) is 4.15. The SMILES string of the molecule is Cc1cc(NC(=O)C(C)(C)C)sc1C(=O)NCc1cc(Cl)c2c(c1)OCCO2. The average Bonchev–Trinajstić information content (AvgIpc) is 2.99. The van der Waals surface area contributed by atoms with E-state index < -0.39 is 5.41 Å². The van der Waals surface area contributed by atoms with Gasteiger partial charge in [0.25, 0.3) is 5.91 Å². The number of amides is 2. The number of rotatable bonds is 4. The Balaban J connectivity index is 1.67. The number of fused-ring (bicyclic) bond motifs is 1. The topological polar surface area (TPSA) is 76.7 Å². The molecular formula is C20H23ClN2O4S. The maximum atomic E-state index is 12.6. The van der Waals surface area contributed by atoms with E-state index in [-0.39, 0.29) is 11.8 Å². The number of carbonyl (C=O) groups excluding carboxylic acids is 2. The Labute approximate surface area is 173 Å². The van der Waals surface area contributed by atoms with Gasteiger partial charge in [0.05, 0.1) is 14.9 Å². The van der Waals surface area contributed by atoms with Crippen LogP contribution in [0, 0.1) is 12.3 Å². The van der Waals surface area contributed by atoms with Crippen LogP contribution in [0.5, 0.6) is 11.5 Å². The number of benzene rings is 1. The van der Waals surface area contributed by atoms with Crippen LogP contribution in [0.1, 0.15) is 41.6 Å². The lowest BCUT2D eigenvalue weighted by atomic mass is 9.96. The zero-order chi connectivity index (χ0) is 20.5. The molecule has 8 heteroatoms. The molecule has 2 aromatic rings. The molecule has 0 bridgehead atoms. The Bertz CT molecular complexity index is 918. The van der Waals surface area contributed by atoms with Crippen molar-refractivity contribution < 1.29 is 19.1 Å². The van der Waals surface area contributed by atoms with E-state index in [0.29, 0.717) is 46.2 Å². The Morgan fingerprint density at radius 1 is 1.18 bits per heavy atom. The minimum absolute atomic E-state index is 0.0911. The van der Waals surface area contributed by atoms with Crippen LogP contribution in [0.2, 0.25) is 5.02 Å². The zero-order valence-electron chi connectivity index (χ0n) is 16.3. The third-order valence-corrected chi connectivity index (χ3v) is 5.58. The van der Waals surface area contributed by atoms with Gasteiger partial charge in [-0.15, -0.1) is 11.3 Å². The molecule has 0 saturated heterocycles. The van der Waals surface area contributed by atoms with E-state index >= 15 is 0 Å². The van der Waals surface area contributed by atoms with Crippen molar-refractivity contribution in [2.45, 2.75) is 34.2 Å². The first-order valence-corrected chi connectivity index (χ1v) is 10.1. The highest BCUT2D eigenvalue weighted by Crippen LogP contribution is 2.38. The summed E-state index contributed by atoms with van der Waals surface area (Å²) >= 11 is 7.50.